The van der Waals surface area contributed by atoms with E-state index in [0.717, 1.165) is 0 Å². The first kappa shape index (κ1) is 12.8. The second-order valence-electron chi connectivity index (χ2n) is 4.74. The highest BCUT2D eigenvalue weighted by Gasteiger charge is 2.28. The number of hydrogen-bond acceptors (Lipinski definition) is 4. The minimum Gasteiger partial charge on any atom is -0.393 e. The van der Waals surface area contributed by atoms with Crippen LogP contribution < -0.4 is 5.32 Å². The maximum atomic E-state index is 12.3. The molecule has 2 rings (SSSR count). The highest BCUT2D eigenvalue weighted by Crippen LogP contribution is 2.18. The standard InChI is InChI=1S/C13H19N3O2/c1-9-8-16(7-6-11(9)17)13(18)10-4-3-5-12(14-2)15-10/h3-5,9,11,17H,6-8H2,1-2H3,(H,14,15). The van der Waals surface area contributed by atoms with E-state index >= 15 is 0 Å². The van der Waals surface area contributed by atoms with Crippen LogP contribution in [0.3, 0.4) is 0 Å². The summed E-state index contributed by atoms with van der Waals surface area (Å²) in [6.45, 7) is 3.14. The summed E-state index contributed by atoms with van der Waals surface area (Å²) >= 11 is 0. The Kier molecular flexibility index (Phi) is 3.81. The number of rotatable bonds is 2. The van der Waals surface area contributed by atoms with Gasteiger partial charge in [-0.1, -0.05) is 13.0 Å². The molecule has 0 saturated carbocycles. The molecular weight excluding hydrogens is 230 g/mol. The second kappa shape index (κ2) is 5.35. The Hall–Kier alpha value is -1.62. The molecule has 5 heteroatoms. The zero-order valence-corrected chi connectivity index (χ0v) is 10.8. The molecule has 1 saturated heterocycles. The zero-order valence-electron chi connectivity index (χ0n) is 10.8. The molecule has 0 aliphatic carbocycles. The highest BCUT2D eigenvalue weighted by molar-refractivity contribution is 5.92. The number of likely N-dealkylation sites (tertiary alicyclic amines) is 1. The van der Waals surface area contributed by atoms with Gasteiger partial charge in [0.15, 0.2) is 0 Å². The quantitative estimate of drug-likeness (QED) is 0.819. The Balaban J connectivity index is 2.11. The van der Waals surface area contributed by atoms with Gasteiger partial charge in [0.05, 0.1) is 6.10 Å². The maximum Gasteiger partial charge on any atom is 0.272 e. The van der Waals surface area contributed by atoms with Gasteiger partial charge in [-0.15, -0.1) is 0 Å². The van der Waals surface area contributed by atoms with Gasteiger partial charge in [0.25, 0.3) is 5.91 Å². The molecule has 0 bridgehead atoms. The van der Waals surface area contributed by atoms with Crippen molar-refractivity contribution < 1.29 is 9.90 Å². The predicted octanol–water partition coefficient (Wildman–Crippen LogP) is 0.966. The van der Waals surface area contributed by atoms with Crippen LogP contribution >= 0.6 is 0 Å². The molecule has 1 amide bonds. The average molecular weight is 249 g/mol. The van der Waals surface area contributed by atoms with Crippen molar-refractivity contribution in [2.45, 2.75) is 19.4 Å². The molecule has 2 heterocycles. The average Bonchev–Trinajstić information content (AvgIpc) is 2.41. The largest absolute Gasteiger partial charge is 0.393 e. The first-order valence-electron chi connectivity index (χ1n) is 6.24. The van der Waals surface area contributed by atoms with Gasteiger partial charge in [-0.2, -0.15) is 0 Å². The summed E-state index contributed by atoms with van der Waals surface area (Å²) in [5.41, 5.74) is 0.449. The minimum absolute atomic E-state index is 0.0640. The molecule has 1 fully saturated rings. The van der Waals surface area contributed by atoms with Crippen molar-refractivity contribution in [3.05, 3.63) is 23.9 Å². The molecule has 0 spiro atoms. The van der Waals surface area contributed by atoms with Crippen molar-refractivity contribution in [3.63, 3.8) is 0 Å². The number of nitrogens with zero attached hydrogens (tertiary/aromatic N) is 2. The van der Waals surface area contributed by atoms with Gasteiger partial charge in [-0.05, 0) is 24.5 Å². The van der Waals surface area contributed by atoms with Crippen LogP contribution in [0.25, 0.3) is 0 Å². The lowest BCUT2D eigenvalue weighted by atomic mass is 9.96. The third kappa shape index (κ3) is 2.61. The van der Waals surface area contributed by atoms with E-state index in [9.17, 15) is 9.90 Å². The Bertz CT molecular complexity index is 436. The van der Waals surface area contributed by atoms with Crippen molar-refractivity contribution in [3.8, 4) is 0 Å². The Morgan fingerprint density at radius 3 is 3.00 bits per heavy atom. The van der Waals surface area contributed by atoms with Gasteiger partial charge in [0, 0.05) is 20.1 Å². The zero-order chi connectivity index (χ0) is 13.1. The minimum atomic E-state index is -0.300. The van der Waals surface area contributed by atoms with Crippen LogP contribution in [0.4, 0.5) is 5.82 Å². The van der Waals surface area contributed by atoms with Crippen molar-refractivity contribution in [2.24, 2.45) is 5.92 Å². The summed E-state index contributed by atoms with van der Waals surface area (Å²) < 4.78 is 0. The van der Waals surface area contributed by atoms with Crippen LogP contribution in [0, 0.1) is 5.92 Å². The van der Waals surface area contributed by atoms with Crippen LogP contribution in [-0.2, 0) is 0 Å². The van der Waals surface area contributed by atoms with E-state index in [1.54, 1.807) is 18.0 Å². The smallest absolute Gasteiger partial charge is 0.272 e. The lowest BCUT2D eigenvalue weighted by Crippen LogP contribution is -2.45. The van der Waals surface area contributed by atoms with E-state index in [1.807, 2.05) is 19.1 Å². The van der Waals surface area contributed by atoms with Gasteiger partial charge in [-0.3, -0.25) is 4.79 Å². The van der Waals surface area contributed by atoms with Gasteiger partial charge in [0.2, 0.25) is 0 Å². The first-order valence-corrected chi connectivity index (χ1v) is 6.24. The molecule has 1 aromatic heterocycles. The summed E-state index contributed by atoms with van der Waals surface area (Å²) in [7, 11) is 1.77. The highest BCUT2D eigenvalue weighted by atomic mass is 16.3. The number of hydrogen-bond donors (Lipinski definition) is 2. The molecule has 1 aliphatic rings. The fraction of sp³-hybridized carbons (Fsp3) is 0.538. The molecule has 0 radical (unpaired) electrons. The fourth-order valence-corrected chi connectivity index (χ4v) is 2.17. The van der Waals surface area contributed by atoms with E-state index in [2.05, 4.69) is 10.3 Å². The monoisotopic (exact) mass is 249 g/mol. The van der Waals surface area contributed by atoms with Crippen LogP contribution in [-0.4, -0.2) is 47.1 Å². The van der Waals surface area contributed by atoms with Crippen molar-refractivity contribution in [1.82, 2.24) is 9.88 Å². The number of anilines is 1. The van der Waals surface area contributed by atoms with E-state index in [-0.39, 0.29) is 17.9 Å². The van der Waals surface area contributed by atoms with E-state index in [4.69, 9.17) is 0 Å². The Morgan fingerprint density at radius 1 is 1.56 bits per heavy atom. The molecular formula is C13H19N3O2. The van der Waals surface area contributed by atoms with Gasteiger partial charge < -0.3 is 15.3 Å². The summed E-state index contributed by atoms with van der Waals surface area (Å²) in [6, 6.07) is 5.35. The number of carbonyl (C=O) groups excluding carboxylic acids is 1. The molecule has 1 aromatic rings. The molecule has 1 aliphatic heterocycles. The van der Waals surface area contributed by atoms with Crippen LogP contribution in [0.5, 0.6) is 0 Å². The molecule has 2 N–H and O–H groups in total. The van der Waals surface area contributed by atoms with Crippen molar-refractivity contribution in [2.75, 3.05) is 25.5 Å². The SMILES string of the molecule is CNc1cccc(C(=O)N2CCC(O)C(C)C2)n1. The predicted molar refractivity (Wildman–Crippen MR) is 69.5 cm³/mol. The molecule has 2 atom stereocenters. The number of piperidine rings is 1. The van der Waals surface area contributed by atoms with Crippen LogP contribution in [0.15, 0.2) is 18.2 Å². The fourth-order valence-electron chi connectivity index (χ4n) is 2.17. The Morgan fingerprint density at radius 2 is 2.33 bits per heavy atom. The third-order valence-corrected chi connectivity index (χ3v) is 3.37. The second-order valence-corrected chi connectivity index (χ2v) is 4.74. The van der Waals surface area contributed by atoms with E-state index in [0.29, 0.717) is 31.0 Å². The summed E-state index contributed by atoms with van der Waals surface area (Å²) in [4.78, 5) is 18.3. The van der Waals surface area contributed by atoms with Crippen LogP contribution in [0.1, 0.15) is 23.8 Å². The maximum absolute atomic E-state index is 12.3. The van der Waals surface area contributed by atoms with Gasteiger partial charge in [0.1, 0.15) is 11.5 Å². The molecule has 98 valence electrons. The molecule has 18 heavy (non-hydrogen) atoms. The lowest BCUT2D eigenvalue weighted by molar-refractivity contribution is 0.0294. The molecule has 0 aromatic carbocycles. The van der Waals surface area contributed by atoms with E-state index in [1.165, 1.54) is 0 Å². The summed E-state index contributed by atoms with van der Waals surface area (Å²) in [6.07, 6.45) is 0.337. The number of aliphatic hydroxyl groups excluding tert-OH is 1. The van der Waals surface area contributed by atoms with Gasteiger partial charge >= 0.3 is 0 Å². The number of pyridine rings is 1. The summed E-state index contributed by atoms with van der Waals surface area (Å²) in [5, 5.41) is 12.6. The lowest BCUT2D eigenvalue weighted by Gasteiger charge is -2.34. The topological polar surface area (TPSA) is 65.5 Å². The summed E-state index contributed by atoms with van der Waals surface area (Å²) in [5.74, 6) is 0.743. The number of nitrogens with one attached hydrogen (secondary N) is 1. The number of carbonyl (C=O) groups is 1. The molecule has 2 unspecified atom stereocenters. The Labute approximate surface area is 107 Å². The van der Waals surface area contributed by atoms with Crippen molar-refractivity contribution >= 4 is 11.7 Å². The number of amides is 1. The van der Waals surface area contributed by atoms with Crippen molar-refractivity contribution in [1.29, 1.82) is 0 Å². The van der Waals surface area contributed by atoms with E-state index < -0.39 is 0 Å². The third-order valence-electron chi connectivity index (χ3n) is 3.37. The van der Waals surface area contributed by atoms with Gasteiger partial charge in [-0.25, -0.2) is 4.98 Å². The van der Waals surface area contributed by atoms with Crippen LogP contribution in [0.2, 0.25) is 0 Å². The number of aliphatic hydroxyl groups is 1. The normalized spacial score (nSPS) is 23.8. The molecule has 5 nitrogen and oxygen atoms in total. The number of aromatic nitrogens is 1. The first-order chi connectivity index (χ1) is 8.61.